The summed E-state index contributed by atoms with van der Waals surface area (Å²) in [7, 11) is 0. The SMILES string of the molecule is O=C(Nc1c[nH]c2ccccc12)c1ccccc1Cl. The summed E-state index contributed by atoms with van der Waals surface area (Å²) in [4.78, 5) is 15.3. The van der Waals surface area contributed by atoms with Gasteiger partial charge in [0.05, 0.1) is 16.3 Å². The Morgan fingerprint density at radius 3 is 2.63 bits per heavy atom. The summed E-state index contributed by atoms with van der Waals surface area (Å²) in [6.45, 7) is 0. The minimum absolute atomic E-state index is 0.213. The lowest BCUT2D eigenvalue weighted by Crippen LogP contribution is -2.11. The molecule has 0 fully saturated rings. The number of fused-ring (bicyclic) bond motifs is 1. The van der Waals surface area contributed by atoms with Crippen molar-refractivity contribution in [2.24, 2.45) is 0 Å². The number of aromatic nitrogens is 1. The fourth-order valence-electron chi connectivity index (χ4n) is 2.01. The molecule has 0 saturated heterocycles. The molecule has 0 atom stereocenters. The number of aromatic amines is 1. The number of carbonyl (C=O) groups is 1. The number of carbonyl (C=O) groups excluding carboxylic acids is 1. The van der Waals surface area contributed by atoms with Gasteiger partial charge in [-0.2, -0.15) is 0 Å². The van der Waals surface area contributed by atoms with Crippen molar-refractivity contribution in [1.82, 2.24) is 4.98 Å². The van der Waals surface area contributed by atoms with E-state index in [1.54, 1.807) is 30.5 Å². The first kappa shape index (κ1) is 11.8. The zero-order chi connectivity index (χ0) is 13.2. The summed E-state index contributed by atoms with van der Waals surface area (Å²) in [6, 6.07) is 14.8. The second kappa shape index (κ2) is 4.78. The highest BCUT2D eigenvalue weighted by atomic mass is 35.5. The molecule has 94 valence electrons. The van der Waals surface area contributed by atoms with Crippen LogP contribution in [-0.2, 0) is 0 Å². The molecule has 0 spiro atoms. The molecular formula is C15H11ClN2O. The van der Waals surface area contributed by atoms with E-state index in [-0.39, 0.29) is 5.91 Å². The fraction of sp³-hybridized carbons (Fsp3) is 0. The summed E-state index contributed by atoms with van der Waals surface area (Å²) in [6.07, 6.45) is 1.78. The summed E-state index contributed by atoms with van der Waals surface area (Å²) < 4.78 is 0. The van der Waals surface area contributed by atoms with E-state index in [2.05, 4.69) is 10.3 Å². The molecule has 0 bridgehead atoms. The Bertz CT molecular complexity index is 748. The number of nitrogens with one attached hydrogen (secondary N) is 2. The maximum atomic E-state index is 12.2. The first-order chi connectivity index (χ1) is 9.25. The molecule has 0 unspecified atom stereocenters. The van der Waals surface area contributed by atoms with E-state index >= 15 is 0 Å². The van der Waals surface area contributed by atoms with E-state index in [4.69, 9.17) is 11.6 Å². The van der Waals surface area contributed by atoms with Crippen LogP contribution in [0.5, 0.6) is 0 Å². The molecule has 1 amide bonds. The van der Waals surface area contributed by atoms with E-state index in [1.165, 1.54) is 0 Å². The van der Waals surface area contributed by atoms with Gasteiger partial charge in [0.25, 0.3) is 5.91 Å². The molecule has 2 aromatic carbocycles. The lowest BCUT2D eigenvalue weighted by atomic mass is 10.2. The minimum atomic E-state index is -0.213. The van der Waals surface area contributed by atoms with Gasteiger partial charge >= 0.3 is 0 Å². The molecule has 1 aromatic heterocycles. The van der Waals surface area contributed by atoms with Crippen LogP contribution in [0.15, 0.2) is 54.7 Å². The lowest BCUT2D eigenvalue weighted by molar-refractivity contribution is 0.102. The van der Waals surface area contributed by atoms with E-state index in [9.17, 15) is 4.79 Å². The predicted octanol–water partition coefficient (Wildman–Crippen LogP) is 4.07. The van der Waals surface area contributed by atoms with Crippen molar-refractivity contribution in [3.05, 3.63) is 65.3 Å². The van der Waals surface area contributed by atoms with E-state index < -0.39 is 0 Å². The van der Waals surface area contributed by atoms with Gasteiger partial charge in [-0.05, 0) is 18.2 Å². The Kier molecular flexibility index (Phi) is 2.97. The average Bonchev–Trinajstić information content (AvgIpc) is 2.83. The monoisotopic (exact) mass is 270 g/mol. The zero-order valence-electron chi connectivity index (χ0n) is 9.98. The third-order valence-electron chi connectivity index (χ3n) is 2.96. The largest absolute Gasteiger partial charge is 0.359 e. The van der Waals surface area contributed by atoms with Gasteiger partial charge in [0.1, 0.15) is 0 Å². The molecular weight excluding hydrogens is 260 g/mol. The molecule has 2 N–H and O–H groups in total. The van der Waals surface area contributed by atoms with Gasteiger partial charge in [-0.15, -0.1) is 0 Å². The first-order valence-corrected chi connectivity index (χ1v) is 6.25. The van der Waals surface area contributed by atoms with Crippen LogP contribution >= 0.6 is 11.6 Å². The van der Waals surface area contributed by atoms with Crippen LogP contribution in [-0.4, -0.2) is 10.9 Å². The van der Waals surface area contributed by atoms with Crippen molar-refractivity contribution in [1.29, 1.82) is 0 Å². The number of hydrogen-bond acceptors (Lipinski definition) is 1. The van der Waals surface area contributed by atoms with E-state index in [0.717, 1.165) is 16.6 Å². The molecule has 0 aliphatic carbocycles. The number of para-hydroxylation sites is 1. The number of rotatable bonds is 2. The summed E-state index contributed by atoms with van der Waals surface area (Å²) in [5, 5.41) is 4.29. The molecule has 1 heterocycles. The first-order valence-electron chi connectivity index (χ1n) is 5.88. The number of amides is 1. The van der Waals surface area contributed by atoms with Crippen molar-refractivity contribution in [2.75, 3.05) is 5.32 Å². The molecule has 0 aliphatic rings. The van der Waals surface area contributed by atoms with Crippen LogP contribution in [0.3, 0.4) is 0 Å². The summed E-state index contributed by atoms with van der Waals surface area (Å²) in [5.41, 5.74) is 2.20. The van der Waals surface area contributed by atoms with Gasteiger partial charge in [-0.25, -0.2) is 0 Å². The highest BCUT2D eigenvalue weighted by Gasteiger charge is 2.11. The normalized spacial score (nSPS) is 10.6. The van der Waals surface area contributed by atoms with Gasteiger partial charge in [0, 0.05) is 17.1 Å². The minimum Gasteiger partial charge on any atom is -0.359 e. The van der Waals surface area contributed by atoms with Crippen LogP contribution < -0.4 is 5.32 Å². The number of halogens is 1. The third-order valence-corrected chi connectivity index (χ3v) is 3.29. The standard InChI is InChI=1S/C15H11ClN2O/c16-12-7-3-1-5-10(12)15(19)18-14-9-17-13-8-4-2-6-11(13)14/h1-9,17H,(H,18,19). The van der Waals surface area contributed by atoms with Crippen molar-refractivity contribution >= 4 is 34.1 Å². The van der Waals surface area contributed by atoms with Crippen molar-refractivity contribution < 1.29 is 4.79 Å². The highest BCUT2D eigenvalue weighted by molar-refractivity contribution is 6.34. The Balaban J connectivity index is 1.94. The van der Waals surface area contributed by atoms with Crippen molar-refractivity contribution in [2.45, 2.75) is 0 Å². The van der Waals surface area contributed by atoms with Crippen LogP contribution in [0.2, 0.25) is 5.02 Å². The lowest BCUT2D eigenvalue weighted by Gasteiger charge is -2.05. The van der Waals surface area contributed by atoms with Crippen LogP contribution in [0.25, 0.3) is 10.9 Å². The molecule has 4 heteroatoms. The predicted molar refractivity (Wildman–Crippen MR) is 77.7 cm³/mol. The number of H-pyrrole nitrogens is 1. The van der Waals surface area contributed by atoms with Gasteiger partial charge in [0.2, 0.25) is 0 Å². The maximum Gasteiger partial charge on any atom is 0.257 e. The van der Waals surface area contributed by atoms with Crippen molar-refractivity contribution in [3.8, 4) is 0 Å². The third kappa shape index (κ3) is 2.20. The Hall–Kier alpha value is -2.26. The molecule has 0 saturated carbocycles. The molecule has 0 aliphatic heterocycles. The molecule has 3 rings (SSSR count). The Labute approximate surface area is 115 Å². The molecule has 3 nitrogen and oxygen atoms in total. The number of anilines is 1. The van der Waals surface area contributed by atoms with Gasteiger partial charge in [-0.3, -0.25) is 4.79 Å². The van der Waals surface area contributed by atoms with Crippen LogP contribution in [0.1, 0.15) is 10.4 Å². The highest BCUT2D eigenvalue weighted by Crippen LogP contribution is 2.24. The average molecular weight is 271 g/mol. The number of benzene rings is 2. The van der Waals surface area contributed by atoms with Gasteiger partial charge in [0.15, 0.2) is 0 Å². The summed E-state index contributed by atoms with van der Waals surface area (Å²) >= 11 is 6.01. The second-order valence-electron chi connectivity index (χ2n) is 4.18. The molecule has 0 radical (unpaired) electrons. The zero-order valence-corrected chi connectivity index (χ0v) is 10.7. The van der Waals surface area contributed by atoms with Gasteiger partial charge < -0.3 is 10.3 Å². The fourth-order valence-corrected chi connectivity index (χ4v) is 2.23. The summed E-state index contributed by atoms with van der Waals surface area (Å²) in [5.74, 6) is -0.213. The van der Waals surface area contributed by atoms with E-state index in [0.29, 0.717) is 10.6 Å². The van der Waals surface area contributed by atoms with Crippen LogP contribution in [0.4, 0.5) is 5.69 Å². The Morgan fingerprint density at radius 1 is 1.05 bits per heavy atom. The quantitative estimate of drug-likeness (QED) is 0.724. The van der Waals surface area contributed by atoms with E-state index in [1.807, 2.05) is 24.3 Å². The molecule has 19 heavy (non-hydrogen) atoms. The smallest absolute Gasteiger partial charge is 0.257 e. The van der Waals surface area contributed by atoms with Gasteiger partial charge in [-0.1, -0.05) is 41.9 Å². The maximum absolute atomic E-state index is 12.2. The second-order valence-corrected chi connectivity index (χ2v) is 4.59. The van der Waals surface area contributed by atoms with Crippen LogP contribution in [0, 0.1) is 0 Å². The Morgan fingerprint density at radius 2 is 1.79 bits per heavy atom. The molecule has 3 aromatic rings. The van der Waals surface area contributed by atoms with Crippen molar-refractivity contribution in [3.63, 3.8) is 0 Å². The topological polar surface area (TPSA) is 44.9 Å². The number of hydrogen-bond donors (Lipinski definition) is 2.